The van der Waals surface area contributed by atoms with Crippen molar-refractivity contribution in [3.8, 4) is 0 Å². The predicted octanol–water partition coefficient (Wildman–Crippen LogP) is 2.19. The van der Waals surface area contributed by atoms with E-state index in [4.69, 9.17) is 4.74 Å². The second-order valence-electron chi connectivity index (χ2n) is 6.16. The summed E-state index contributed by atoms with van der Waals surface area (Å²) in [4.78, 5) is 24.3. The zero-order valence-corrected chi connectivity index (χ0v) is 16.9. The molecule has 8 heteroatoms. The van der Waals surface area contributed by atoms with Crippen LogP contribution < -0.4 is 10.0 Å². The van der Waals surface area contributed by atoms with Crippen LogP contribution in [-0.2, 0) is 14.8 Å². The maximum atomic E-state index is 12.5. The molecular formula is C20H24N2O5S. The van der Waals surface area contributed by atoms with Crippen LogP contribution in [0.3, 0.4) is 0 Å². The lowest BCUT2D eigenvalue weighted by Crippen LogP contribution is -2.31. The van der Waals surface area contributed by atoms with Gasteiger partial charge in [-0.2, -0.15) is 0 Å². The van der Waals surface area contributed by atoms with Gasteiger partial charge in [0.2, 0.25) is 0 Å². The van der Waals surface area contributed by atoms with Gasteiger partial charge in [-0.05, 0) is 62.2 Å². The van der Waals surface area contributed by atoms with Gasteiger partial charge in [0, 0.05) is 24.3 Å². The first-order valence-electron chi connectivity index (χ1n) is 8.85. The van der Waals surface area contributed by atoms with Gasteiger partial charge in [0.05, 0.1) is 11.5 Å². The van der Waals surface area contributed by atoms with E-state index in [1.807, 2.05) is 19.9 Å². The second-order valence-corrected chi connectivity index (χ2v) is 7.84. The Labute approximate surface area is 165 Å². The summed E-state index contributed by atoms with van der Waals surface area (Å²) in [7, 11) is -4.06. The number of rotatable bonds is 8. The maximum absolute atomic E-state index is 12.5. The summed E-state index contributed by atoms with van der Waals surface area (Å²) in [6.07, 6.45) is 0. The van der Waals surface area contributed by atoms with Crippen molar-refractivity contribution in [1.82, 2.24) is 10.0 Å². The monoisotopic (exact) mass is 404 g/mol. The molecule has 7 nitrogen and oxygen atoms in total. The number of aryl methyl sites for hydroxylation is 1. The first kappa shape index (κ1) is 21.6. The molecule has 0 saturated carbocycles. The highest BCUT2D eigenvalue weighted by Crippen LogP contribution is 2.15. The zero-order valence-electron chi connectivity index (χ0n) is 16.1. The van der Waals surface area contributed by atoms with E-state index in [0.29, 0.717) is 36.4 Å². The molecule has 0 atom stereocenters. The van der Waals surface area contributed by atoms with Gasteiger partial charge in [-0.15, -0.1) is 0 Å². The van der Waals surface area contributed by atoms with Gasteiger partial charge in [0.25, 0.3) is 21.8 Å². The van der Waals surface area contributed by atoms with Crippen molar-refractivity contribution in [3.05, 3.63) is 64.7 Å². The van der Waals surface area contributed by atoms with Gasteiger partial charge < -0.3 is 10.1 Å². The molecule has 150 valence electrons. The lowest BCUT2D eigenvalue weighted by molar-refractivity contribution is 0.0921. The summed E-state index contributed by atoms with van der Waals surface area (Å²) in [5.74, 6) is -1.03. The SMILES string of the molecule is CCOCCNC(=O)c1ccc(S(=O)(=O)NC(=O)c2cccc(C)c2C)cc1. The van der Waals surface area contributed by atoms with Gasteiger partial charge in [-0.25, -0.2) is 13.1 Å². The Morgan fingerprint density at radius 1 is 1.00 bits per heavy atom. The fraction of sp³-hybridized carbons (Fsp3) is 0.300. The van der Waals surface area contributed by atoms with Crippen LogP contribution in [0.4, 0.5) is 0 Å². The average molecular weight is 404 g/mol. The third-order valence-electron chi connectivity index (χ3n) is 4.24. The number of sulfonamides is 1. The molecule has 0 spiro atoms. The Morgan fingerprint density at radius 2 is 1.68 bits per heavy atom. The zero-order chi connectivity index (χ0) is 20.7. The van der Waals surface area contributed by atoms with Gasteiger partial charge in [-0.3, -0.25) is 9.59 Å². The third kappa shape index (κ3) is 5.40. The molecule has 2 aromatic carbocycles. The molecule has 0 bridgehead atoms. The largest absolute Gasteiger partial charge is 0.380 e. The van der Waals surface area contributed by atoms with Crippen LogP contribution in [-0.4, -0.2) is 40.0 Å². The van der Waals surface area contributed by atoms with E-state index in [-0.39, 0.29) is 10.8 Å². The number of ether oxygens (including phenoxy) is 1. The van der Waals surface area contributed by atoms with E-state index in [0.717, 1.165) is 5.56 Å². The summed E-state index contributed by atoms with van der Waals surface area (Å²) in [6.45, 7) is 6.79. The fourth-order valence-corrected chi connectivity index (χ4v) is 3.47. The second kappa shape index (κ2) is 9.48. The molecule has 0 radical (unpaired) electrons. The van der Waals surface area contributed by atoms with Crippen molar-refractivity contribution in [2.24, 2.45) is 0 Å². The van der Waals surface area contributed by atoms with Crippen LogP contribution in [0.5, 0.6) is 0 Å². The molecule has 0 saturated heterocycles. The van der Waals surface area contributed by atoms with E-state index in [2.05, 4.69) is 10.0 Å². The van der Waals surface area contributed by atoms with Gasteiger partial charge in [0.15, 0.2) is 0 Å². The Balaban J connectivity index is 2.08. The fourth-order valence-electron chi connectivity index (χ4n) is 2.50. The third-order valence-corrected chi connectivity index (χ3v) is 5.59. The summed E-state index contributed by atoms with van der Waals surface area (Å²) in [5.41, 5.74) is 2.23. The van der Waals surface area contributed by atoms with Gasteiger partial charge in [-0.1, -0.05) is 12.1 Å². The van der Waals surface area contributed by atoms with Crippen molar-refractivity contribution >= 4 is 21.8 Å². The van der Waals surface area contributed by atoms with E-state index in [9.17, 15) is 18.0 Å². The number of hydrogen-bond donors (Lipinski definition) is 2. The summed E-state index contributed by atoms with van der Waals surface area (Å²) in [6, 6.07) is 10.5. The number of carbonyl (C=O) groups excluding carboxylic acids is 2. The maximum Gasteiger partial charge on any atom is 0.265 e. The minimum atomic E-state index is -4.06. The van der Waals surface area contributed by atoms with E-state index >= 15 is 0 Å². The van der Waals surface area contributed by atoms with Gasteiger partial charge in [0.1, 0.15) is 0 Å². The summed E-state index contributed by atoms with van der Waals surface area (Å²) < 4.78 is 32.2. The normalized spacial score (nSPS) is 11.1. The molecule has 2 amide bonds. The number of hydrogen-bond acceptors (Lipinski definition) is 5. The Bertz CT molecular complexity index is 953. The molecular weight excluding hydrogens is 380 g/mol. The van der Waals surface area contributed by atoms with Crippen molar-refractivity contribution in [2.45, 2.75) is 25.7 Å². The predicted molar refractivity (Wildman–Crippen MR) is 106 cm³/mol. The van der Waals surface area contributed by atoms with Crippen molar-refractivity contribution in [3.63, 3.8) is 0 Å². The van der Waals surface area contributed by atoms with Crippen LogP contribution in [0.15, 0.2) is 47.4 Å². The minimum absolute atomic E-state index is 0.1000. The van der Waals surface area contributed by atoms with Gasteiger partial charge >= 0.3 is 0 Å². The lowest BCUT2D eigenvalue weighted by Gasteiger charge is -2.11. The molecule has 2 N–H and O–H groups in total. The van der Waals surface area contributed by atoms with Crippen LogP contribution in [0.1, 0.15) is 38.8 Å². The van der Waals surface area contributed by atoms with Crippen LogP contribution in [0, 0.1) is 13.8 Å². The molecule has 0 aliphatic rings. The van der Waals surface area contributed by atoms with E-state index < -0.39 is 15.9 Å². The van der Waals surface area contributed by atoms with Crippen molar-refractivity contribution in [2.75, 3.05) is 19.8 Å². The molecule has 0 aromatic heterocycles. The summed E-state index contributed by atoms with van der Waals surface area (Å²) in [5, 5.41) is 2.67. The van der Waals surface area contributed by atoms with Crippen LogP contribution in [0.25, 0.3) is 0 Å². The van der Waals surface area contributed by atoms with Crippen molar-refractivity contribution in [1.29, 1.82) is 0 Å². The average Bonchev–Trinajstić information content (AvgIpc) is 2.67. The highest BCUT2D eigenvalue weighted by Gasteiger charge is 2.20. The highest BCUT2D eigenvalue weighted by molar-refractivity contribution is 7.90. The Morgan fingerprint density at radius 3 is 2.32 bits per heavy atom. The molecule has 28 heavy (non-hydrogen) atoms. The molecule has 0 unspecified atom stereocenters. The molecule has 2 aromatic rings. The number of benzene rings is 2. The van der Waals surface area contributed by atoms with E-state index in [1.165, 1.54) is 24.3 Å². The molecule has 0 fully saturated rings. The molecule has 0 heterocycles. The standard InChI is InChI=1S/C20H24N2O5S/c1-4-27-13-12-21-19(23)16-8-10-17(11-9-16)28(25,26)22-20(24)18-7-5-6-14(2)15(18)3/h5-11H,4,12-13H2,1-3H3,(H,21,23)(H,22,24). The van der Waals surface area contributed by atoms with E-state index in [1.54, 1.807) is 19.1 Å². The minimum Gasteiger partial charge on any atom is -0.380 e. The first-order chi connectivity index (χ1) is 13.3. The van der Waals surface area contributed by atoms with Crippen LogP contribution in [0.2, 0.25) is 0 Å². The first-order valence-corrected chi connectivity index (χ1v) is 10.3. The topological polar surface area (TPSA) is 102 Å². The van der Waals surface area contributed by atoms with Crippen molar-refractivity contribution < 1.29 is 22.7 Å². The number of carbonyl (C=O) groups is 2. The Kier molecular flexibility index (Phi) is 7.31. The quantitative estimate of drug-likeness (QED) is 0.657. The number of nitrogens with one attached hydrogen (secondary N) is 2. The van der Waals surface area contributed by atoms with Crippen LogP contribution >= 0.6 is 0 Å². The number of amides is 2. The lowest BCUT2D eigenvalue weighted by atomic mass is 10.0. The Hall–Kier alpha value is -2.71. The summed E-state index contributed by atoms with van der Waals surface area (Å²) >= 11 is 0. The molecule has 0 aliphatic heterocycles. The highest BCUT2D eigenvalue weighted by atomic mass is 32.2. The smallest absolute Gasteiger partial charge is 0.265 e. The molecule has 2 rings (SSSR count). The molecule has 0 aliphatic carbocycles.